The maximum atomic E-state index is 15.3. The molecule has 2 nitrogen and oxygen atoms in total. The number of halogens is 1. The fraction of sp³-hybridized carbons (Fsp3) is 0.281. The molecule has 0 saturated heterocycles. The van der Waals surface area contributed by atoms with Gasteiger partial charge in [-0.1, -0.05) is 49.2 Å². The zero-order chi connectivity index (χ0) is 24.3. The van der Waals surface area contributed by atoms with E-state index in [-0.39, 0.29) is 5.82 Å². The third kappa shape index (κ3) is 3.56. The van der Waals surface area contributed by atoms with Crippen molar-refractivity contribution in [2.45, 2.75) is 52.4 Å². The first kappa shape index (κ1) is 22.0. The smallest absolute Gasteiger partial charge is 0.216 e. The molecule has 0 radical (unpaired) electrons. The van der Waals surface area contributed by atoms with E-state index >= 15 is 4.39 Å². The number of benzene rings is 3. The van der Waals surface area contributed by atoms with Crippen LogP contribution < -0.4 is 4.57 Å². The molecule has 0 atom stereocenters. The van der Waals surface area contributed by atoms with E-state index in [1.165, 1.54) is 42.4 Å². The van der Waals surface area contributed by atoms with Crippen LogP contribution in [0.5, 0.6) is 0 Å². The lowest BCUT2D eigenvalue weighted by atomic mass is 9.94. The Hall–Kier alpha value is -3.46. The van der Waals surface area contributed by atoms with Crippen LogP contribution in [0.3, 0.4) is 0 Å². The standard InChI is InChI=1S/C32H31FNO/c1-19-9-14-25-26-15-16-27(33)30(24-12-10-23(11-13-24)22-7-5-6-8-22)32(26)35-31(25)29(19)28-17-20(2)21(3)18-34(28)4/h9-18,22H,5-8H2,1-4H3/q+1. The Morgan fingerprint density at radius 2 is 1.43 bits per heavy atom. The molecule has 3 heteroatoms. The fourth-order valence-electron chi connectivity index (χ4n) is 5.88. The molecule has 0 N–H and O–H groups in total. The topological polar surface area (TPSA) is 17.0 Å². The lowest BCUT2D eigenvalue weighted by molar-refractivity contribution is -0.660. The van der Waals surface area contributed by atoms with Gasteiger partial charge in [-0.15, -0.1) is 0 Å². The van der Waals surface area contributed by atoms with Gasteiger partial charge in [0.25, 0.3) is 0 Å². The van der Waals surface area contributed by atoms with Gasteiger partial charge in [0.1, 0.15) is 24.0 Å². The second-order valence-electron chi connectivity index (χ2n) is 10.3. The van der Waals surface area contributed by atoms with Crippen molar-refractivity contribution in [1.82, 2.24) is 0 Å². The van der Waals surface area contributed by atoms with Crippen LogP contribution in [0.15, 0.2) is 65.2 Å². The second-order valence-corrected chi connectivity index (χ2v) is 10.3. The van der Waals surface area contributed by atoms with Crippen molar-refractivity contribution in [2.24, 2.45) is 7.05 Å². The molecule has 35 heavy (non-hydrogen) atoms. The first-order chi connectivity index (χ1) is 16.9. The lowest BCUT2D eigenvalue weighted by Gasteiger charge is -2.11. The molecule has 0 bridgehead atoms. The van der Waals surface area contributed by atoms with Crippen LogP contribution in [0.25, 0.3) is 44.3 Å². The zero-order valence-electron chi connectivity index (χ0n) is 20.9. The normalized spacial score (nSPS) is 14.4. The van der Waals surface area contributed by atoms with E-state index in [2.05, 4.69) is 81.0 Å². The van der Waals surface area contributed by atoms with Gasteiger partial charge in [0.2, 0.25) is 5.69 Å². The minimum absolute atomic E-state index is 0.250. The highest BCUT2D eigenvalue weighted by atomic mass is 19.1. The van der Waals surface area contributed by atoms with Crippen LogP contribution in [0.4, 0.5) is 4.39 Å². The Bertz CT molecular complexity index is 1590. The van der Waals surface area contributed by atoms with Gasteiger partial charge in [0.15, 0.2) is 6.20 Å². The van der Waals surface area contributed by atoms with Crippen molar-refractivity contribution in [3.63, 3.8) is 0 Å². The van der Waals surface area contributed by atoms with E-state index in [9.17, 15) is 0 Å². The minimum Gasteiger partial charge on any atom is -0.454 e. The molecule has 3 aromatic carbocycles. The average Bonchev–Trinajstić information content (AvgIpc) is 3.50. The largest absolute Gasteiger partial charge is 0.454 e. The summed E-state index contributed by atoms with van der Waals surface area (Å²) in [5, 5.41) is 1.96. The van der Waals surface area contributed by atoms with Crippen LogP contribution in [-0.4, -0.2) is 0 Å². The Balaban J connectivity index is 1.58. The summed E-state index contributed by atoms with van der Waals surface area (Å²) in [6.07, 6.45) is 7.27. The monoisotopic (exact) mass is 464 g/mol. The average molecular weight is 465 g/mol. The highest BCUT2D eigenvalue weighted by Crippen LogP contribution is 2.42. The lowest BCUT2D eigenvalue weighted by Crippen LogP contribution is -2.31. The van der Waals surface area contributed by atoms with E-state index in [4.69, 9.17) is 4.42 Å². The number of aryl methyl sites for hydroxylation is 4. The summed E-state index contributed by atoms with van der Waals surface area (Å²) in [5.74, 6) is 0.389. The molecule has 2 heterocycles. The highest BCUT2D eigenvalue weighted by molar-refractivity contribution is 6.13. The first-order valence-corrected chi connectivity index (χ1v) is 12.6. The van der Waals surface area contributed by atoms with Gasteiger partial charge in [-0.05, 0) is 73.9 Å². The predicted octanol–water partition coefficient (Wildman–Crippen LogP) is 8.47. The third-order valence-corrected chi connectivity index (χ3v) is 7.99. The molecule has 2 aromatic heterocycles. The van der Waals surface area contributed by atoms with E-state index in [0.717, 1.165) is 38.7 Å². The number of hydrogen-bond donors (Lipinski definition) is 0. The van der Waals surface area contributed by atoms with Crippen LogP contribution in [0, 0.1) is 26.6 Å². The van der Waals surface area contributed by atoms with Crippen molar-refractivity contribution in [3.8, 4) is 22.4 Å². The molecule has 0 amide bonds. The van der Waals surface area contributed by atoms with E-state index in [1.54, 1.807) is 6.07 Å². The third-order valence-electron chi connectivity index (χ3n) is 7.99. The van der Waals surface area contributed by atoms with Crippen LogP contribution in [0.1, 0.15) is 53.9 Å². The van der Waals surface area contributed by atoms with E-state index in [1.807, 2.05) is 6.07 Å². The number of pyridine rings is 1. The van der Waals surface area contributed by atoms with Crippen LogP contribution >= 0.6 is 0 Å². The van der Waals surface area contributed by atoms with Gasteiger partial charge in [0.05, 0.1) is 11.1 Å². The maximum Gasteiger partial charge on any atom is 0.216 e. The predicted molar refractivity (Wildman–Crippen MR) is 141 cm³/mol. The van der Waals surface area contributed by atoms with Crippen molar-refractivity contribution >= 4 is 21.9 Å². The number of fused-ring (bicyclic) bond motifs is 3. The number of aromatic nitrogens is 1. The van der Waals surface area contributed by atoms with Crippen molar-refractivity contribution in [1.29, 1.82) is 0 Å². The van der Waals surface area contributed by atoms with Crippen molar-refractivity contribution < 1.29 is 13.4 Å². The van der Waals surface area contributed by atoms with Gasteiger partial charge in [-0.2, -0.15) is 0 Å². The Labute approximate surface area is 206 Å². The summed E-state index contributed by atoms with van der Waals surface area (Å²) in [6.45, 7) is 6.37. The van der Waals surface area contributed by atoms with E-state index in [0.29, 0.717) is 17.1 Å². The maximum absolute atomic E-state index is 15.3. The number of rotatable bonds is 3. The molecule has 5 aromatic rings. The summed E-state index contributed by atoms with van der Waals surface area (Å²) in [5.41, 5.74) is 9.98. The summed E-state index contributed by atoms with van der Waals surface area (Å²) in [7, 11) is 2.07. The zero-order valence-corrected chi connectivity index (χ0v) is 20.9. The molecule has 0 spiro atoms. The molecule has 1 aliphatic carbocycles. The molecule has 1 fully saturated rings. The highest BCUT2D eigenvalue weighted by Gasteiger charge is 2.24. The summed E-state index contributed by atoms with van der Waals surface area (Å²) in [4.78, 5) is 0. The SMILES string of the molecule is Cc1cc(-c2c(C)ccc3c2oc2c(-c4ccc(C5CCCC5)cc4)c(F)ccc23)[n+](C)cc1C. The number of hydrogen-bond acceptors (Lipinski definition) is 1. The molecule has 176 valence electrons. The Morgan fingerprint density at radius 3 is 2.14 bits per heavy atom. The first-order valence-electron chi connectivity index (χ1n) is 12.6. The molecule has 1 aliphatic rings. The van der Waals surface area contributed by atoms with Gasteiger partial charge in [-0.25, -0.2) is 8.96 Å². The van der Waals surface area contributed by atoms with Crippen molar-refractivity contribution in [3.05, 3.63) is 88.9 Å². The Morgan fingerprint density at radius 1 is 0.771 bits per heavy atom. The fourth-order valence-corrected chi connectivity index (χ4v) is 5.88. The molecular weight excluding hydrogens is 433 g/mol. The van der Waals surface area contributed by atoms with Gasteiger partial charge in [-0.3, -0.25) is 0 Å². The Kier molecular flexibility index (Phi) is 5.25. The van der Waals surface area contributed by atoms with Crippen LogP contribution in [0.2, 0.25) is 0 Å². The number of nitrogens with zero attached hydrogens (tertiary/aromatic N) is 1. The molecule has 6 rings (SSSR count). The summed E-state index contributed by atoms with van der Waals surface area (Å²) in [6, 6.07) is 18.4. The summed E-state index contributed by atoms with van der Waals surface area (Å²) >= 11 is 0. The molecule has 0 unspecified atom stereocenters. The van der Waals surface area contributed by atoms with Crippen molar-refractivity contribution in [2.75, 3.05) is 0 Å². The van der Waals surface area contributed by atoms with Crippen LogP contribution in [-0.2, 0) is 7.05 Å². The van der Waals surface area contributed by atoms with Gasteiger partial charge >= 0.3 is 0 Å². The molecular formula is C32H31FNO+. The van der Waals surface area contributed by atoms with Gasteiger partial charge < -0.3 is 4.42 Å². The minimum atomic E-state index is -0.250. The van der Waals surface area contributed by atoms with Gasteiger partial charge in [0, 0.05) is 22.4 Å². The second kappa shape index (κ2) is 8.34. The molecule has 0 aliphatic heterocycles. The summed E-state index contributed by atoms with van der Waals surface area (Å²) < 4.78 is 24.1. The van der Waals surface area contributed by atoms with E-state index < -0.39 is 0 Å². The quantitative estimate of drug-likeness (QED) is 0.245. The number of furan rings is 1. The molecule has 1 saturated carbocycles.